The van der Waals surface area contributed by atoms with Crippen LogP contribution in [0.1, 0.15) is 41.2 Å². The lowest BCUT2D eigenvalue weighted by molar-refractivity contribution is 0.200. The minimum atomic E-state index is -0.700. The molecular formula is C21H23N5O. The largest absolute Gasteiger partial charge is 0.382 e. The van der Waals surface area contributed by atoms with E-state index in [1.165, 1.54) is 0 Å². The van der Waals surface area contributed by atoms with Crippen molar-refractivity contribution in [3.63, 3.8) is 0 Å². The molecule has 0 saturated heterocycles. The second-order valence-corrected chi connectivity index (χ2v) is 6.94. The molecule has 0 saturated carbocycles. The second-order valence-electron chi connectivity index (χ2n) is 6.94. The molecule has 0 unspecified atom stereocenters. The Balaban J connectivity index is 1.48. The van der Waals surface area contributed by atoms with Crippen LogP contribution in [0.3, 0.4) is 0 Å². The first-order chi connectivity index (χ1) is 13.2. The highest BCUT2D eigenvalue weighted by molar-refractivity contribution is 5.29. The average molecular weight is 361 g/mol. The van der Waals surface area contributed by atoms with Crippen molar-refractivity contribution < 1.29 is 5.11 Å². The summed E-state index contributed by atoms with van der Waals surface area (Å²) in [5.41, 5.74) is 4.53. The van der Waals surface area contributed by atoms with Gasteiger partial charge < -0.3 is 9.67 Å². The first-order valence-electron chi connectivity index (χ1n) is 9.29. The van der Waals surface area contributed by atoms with Gasteiger partial charge in [-0.05, 0) is 30.2 Å². The fourth-order valence-electron chi connectivity index (χ4n) is 3.69. The Morgan fingerprint density at radius 3 is 2.74 bits per heavy atom. The summed E-state index contributed by atoms with van der Waals surface area (Å²) in [7, 11) is 0. The van der Waals surface area contributed by atoms with Crippen molar-refractivity contribution in [1.82, 2.24) is 19.2 Å². The summed E-state index contributed by atoms with van der Waals surface area (Å²) in [6.07, 6.45) is 1.37. The highest BCUT2D eigenvalue weighted by Crippen LogP contribution is 2.24. The van der Waals surface area contributed by atoms with Crippen LogP contribution >= 0.6 is 0 Å². The van der Waals surface area contributed by atoms with Crippen LogP contribution in [0.25, 0.3) is 0 Å². The van der Waals surface area contributed by atoms with Gasteiger partial charge >= 0.3 is 0 Å². The van der Waals surface area contributed by atoms with E-state index < -0.39 is 6.10 Å². The van der Waals surface area contributed by atoms with Gasteiger partial charge in [-0.3, -0.25) is 9.58 Å². The van der Waals surface area contributed by atoms with E-state index in [-0.39, 0.29) is 0 Å². The van der Waals surface area contributed by atoms with E-state index in [0.717, 1.165) is 49.5 Å². The first kappa shape index (κ1) is 17.5. The lowest BCUT2D eigenvalue weighted by Gasteiger charge is -2.27. The Bertz CT molecular complexity index is 966. The summed E-state index contributed by atoms with van der Waals surface area (Å²) < 4.78 is 3.98. The third-order valence-electron chi connectivity index (χ3n) is 5.11. The maximum atomic E-state index is 10.6. The van der Waals surface area contributed by atoms with Gasteiger partial charge in [0.15, 0.2) is 0 Å². The third kappa shape index (κ3) is 3.52. The second kappa shape index (κ2) is 7.39. The van der Waals surface area contributed by atoms with Gasteiger partial charge in [-0.1, -0.05) is 30.3 Å². The highest BCUT2D eigenvalue weighted by atomic mass is 16.3. The molecule has 0 bridgehead atoms. The van der Waals surface area contributed by atoms with Crippen LogP contribution in [0, 0.1) is 11.3 Å². The number of fused-ring (bicyclic) bond motifs is 1. The van der Waals surface area contributed by atoms with Crippen LogP contribution in [-0.2, 0) is 26.2 Å². The molecule has 6 nitrogen and oxygen atoms in total. The first-order valence-corrected chi connectivity index (χ1v) is 9.29. The van der Waals surface area contributed by atoms with Crippen LogP contribution in [0.5, 0.6) is 0 Å². The lowest BCUT2D eigenvalue weighted by Crippen LogP contribution is -2.33. The van der Waals surface area contributed by atoms with Gasteiger partial charge in [0.25, 0.3) is 0 Å². The molecule has 0 aliphatic carbocycles. The van der Waals surface area contributed by atoms with Crippen LogP contribution in [0.4, 0.5) is 0 Å². The zero-order valence-corrected chi connectivity index (χ0v) is 15.4. The number of nitriles is 1. The van der Waals surface area contributed by atoms with Gasteiger partial charge in [-0.2, -0.15) is 10.4 Å². The van der Waals surface area contributed by atoms with Crippen molar-refractivity contribution in [2.24, 2.45) is 0 Å². The maximum Gasteiger partial charge on any atom is 0.123 e. The molecule has 6 heteroatoms. The van der Waals surface area contributed by atoms with Gasteiger partial charge in [0.2, 0.25) is 0 Å². The molecule has 0 amide bonds. The molecule has 3 heterocycles. The standard InChI is InChI=1S/C21H23N5O/c1-2-25-14-16(10-18(25)12-22)13-24-8-9-26-19(15-24)11-20(23-26)21(27)17-6-4-3-5-7-17/h3-7,10-11,14,21,27H,2,8-9,13,15H2,1H3/t21-/m0/s1. The van der Waals surface area contributed by atoms with Crippen molar-refractivity contribution in [3.8, 4) is 6.07 Å². The van der Waals surface area contributed by atoms with Crippen LogP contribution < -0.4 is 0 Å². The monoisotopic (exact) mass is 361 g/mol. The smallest absolute Gasteiger partial charge is 0.123 e. The lowest BCUT2D eigenvalue weighted by atomic mass is 10.1. The van der Waals surface area contributed by atoms with Gasteiger partial charge in [-0.25, -0.2) is 0 Å². The molecule has 0 radical (unpaired) electrons. The number of hydrogen-bond donors (Lipinski definition) is 1. The SMILES string of the molecule is CCn1cc(CN2CCn3nc([C@@H](O)c4ccccc4)cc3C2)cc1C#N. The number of rotatable bonds is 5. The van der Waals surface area contributed by atoms with E-state index in [1.807, 2.05) is 58.6 Å². The average Bonchev–Trinajstić information content (AvgIpc) is 3.31. The molecule has 1 atom stereocenters. The number of aliphatic hydroxyl groups is 1. The molecule has 0 spiro atoms. The van der Waals surface area contributed by atoms with Crippen LogP contribution in [-0.4, -0.2) is 30.9 Å². The predicted octanol–water partition coefficient (Wildman–Crippen LogP) is 2.67. The number of aryl methyl sites for hydroxylation is 1. The fourth-order valence-corrected chi connectivity index (χ4v) is 3.69. The van der Waals surface area contributed by atoms with Crippen LogP contribution in [0.15, 0.2) is 48.7 Å². The molecule has 138 valence electrons. The number of nitrogens with zero attached hydrogens (tertiary/aromatic N) is 5. The predicted molar refractivity (Wildman–Crippen MR) is 102 cm³/mol. The van der Waals surface area contributed by atoms with E-state index in [9.17, 15) is 10.4 Å². The number of aliphatic hydroxyl groups excluding tert-OH is 1. The molecular weight excluding hydrogens is 338 g/mol. The Hall–Kier alpha value is -2.88. The Morgan fingerprint density at radius 2 is 2.04 bits per heavy atom. The van der Waals surface area contributed by atoms with E-state index in [0.29, 0.717) is 11.4 Å². The molecule has 1 N–H and O–H groups in total. The number of aromatic nitrogens is 3. The molecule has 1 aliphatic rings. The molecule has 2 aromatic heterocycles. The highest BCUT2D eigenvalue weighted by Gasteiger charge is 2.22. The van der Waals surface area contributed by atoms with Crippen molar-refractivity contribution in [1.29, 1.82) is 5.26 Å². The zero-order valence-electron chi connectivity index (χ0n) is 15.4. The summed E-state index contributed by atoms with van der Waals surface area (Å²) in [4.78, 5) is 2.35. The van der Waals surface area contributed by atoms with Gasteiger partial charge in [-0.15, -0.1) is 0 Å². The molecule has 3 aromatic rings. The van der Waals surface area contributed by atoms with E-state index in [1.54, 1.807) is 0 Å². The number of hydrogen-bond acceptors (Lipinski definition) is 4. The zero-order chi connectivity index (χ0) is 18.8. The van der Waals surface area contributed by atoms with Gasteiger partial charge in [0.05, 0.1) is 17.9 Å². The van der Waals surface area contributed by atoms with Gasteiger partial charge in [0, 0.05) is 32.4 Å². The molecule has 1 aromatic carbocycles. The maximum absolute atomic E-state index is 10.6. The summed E-state index contributed by atoms with van der Waals surface area (Å²) in [6, 6.07) is 15.9. The fraction of sp³-hybridized carbons (Fsp3) is 0.333. The quantitative estimate of drug-likeness (QED) is 0.758. The Kier molecular flexibility index (Phi) is 4.80. The van der Waals surface area contributed by atoms with E-state index in [4.69, 9.17) is 0 Å². The molecule has 1 aliphatic heterocycles. The minimum Gasteiger partial charge on any atom is -0.382 e. The molecule has 27 heavy (non-hydrogen) atoms. The van der Waals surface area contributed by atoms with Crippen molar-refractivity contribution in [3.05, 3.63) is 76.9 Å². The normalized spacial score (nSPS) is 15.3. The van der Waals surface area contributed by atoms with Gasteiger partial charge in [0.1, 0.15) is 17.9 Å². The third-order valence-corrected chi connectivity index (χ3v) is 5.11. The molecule has 4 rings (SSSR count). The summed E-state index contributed by atoms with van der Waals surface area (Å²) in [6.45, 7) is 6.14. The summed E-state index contributed by atoms with van der Waals surface area (Å²) in [5, 5.41) is 24.4. The van der Waals surface area contributed by atoms with Crippen molar-refractivity contribution >= 4 is 0 Å². The minimum absolute atomic E-state index is 0.696. The number of benzene rings is 1. The van der Waals surface area contributed by atoms with Crippen LogP contribution in [0.2, 0.25) is 0 Å². The topological polar surface area (TPSA) is 70.0 Å². The Labute approximate surface area is 158 Å². The van der Waals surface area contributed by atoms with Crippen molar-refractivity contribution in [2.45, 2.75) is 39.2 Å². The van der Waals surface area contributed by atoms with Crippen molar-refractivity contribution in [2.75, 3.05) is 6.54 Å². The van der Waals surface area contributed by atoms with E-state index in [2.05, 4.69) is 22.3 Å². The van der Waals surface area contributed by atoms with E-state index >= 15 is 0 Å². The summed E-state index contributed by atoms with van der Waals surface area (Å²) >= 11 is 0. The molecule has 0 fully saturated rings. The Morgan fingerprint density at radius 1 is 1.22 bits per heavy atom. The summed E-state index contributed by atoms with van der Waals surface area (Å²) in [5.74, 6) is 0.